The topological polar surface area (TPSA) is 126 Å². The van der Waals surface area contributed by atoms with Gasteiger partial charge >= 0.3 is 0 Å². The summed E-state index contributed by atoms with van der Waals surface area (Å²) in [6.45, 7) is 9.54. The number of terminal acetylenes is 1. The first-order valence-electron chi connectivity index (χ1n) is 16.3. The fourth-order valence-electron chi connectivity index (χ4n) is 7.03. The molecule has 2 fully saturated rings. The number of ketones is 1. The highest BCUT2D eigenvalue weighted by molar-refractivity contribution is 9.10. The summed E-state index contributed by atoms with van der Waals surface area (Å²) in [5.41, 5.74) is 4.21. The molecule has 0 unspecified atom stereocenters. The van der Waals surface area contributed by atoms with E-state index in [2.05, 4.69) is 52.1 Å². The van der Waals surface area contributed by atoms with Gasteiger partial charge in [-0.15, -0.1) is 6.42 Å². The van der Waals surface area contributed by atoms with Gasteiger partial charge in [-0.3, -0.25) is 19.1 Å². The van der Waals surface area contributed by atoms with Crippen molar-refractivity contribution in [2.45, 2.75) is 72.0 Å². The van der Waals surface area contributed by atoms with Crippen molar-refractivity contribution in [3.05, 3.63) is 63.9 Å². The summed E-state index contributed by atoms with van der Waals surface area (Å²) < 4.78 is 2.16. The van der Waals surface area contributed by atoms with Crippen LogP contribution < -0.4 is 5.32 Å². The van der Waals surface area contributed by atoms with Crippen molar-refractivity contribution in [3.8, 4) is 23.5 Å². The molecular formula is C36H39BrN8O3. The van der Waals surface area contributed by atoms with E-state index in [0.29, 0.717) is 40.1 Å². The number of carbonyl (C=O) groups excluding carboxylic acids is 3. The van der Waals surface area contributed by atoms with E-state index < -0.39 is 12.1 Å². The molecule has 3 aromatic heterocycles. The lowest BCUT2D eigenvalue weighted by molar-refractivity contribution is -0.138. The molecule has 0 radical (unpaired) electrons. The van der Waals surface area contributed by atoms with E-state index in [9.17, 15) is 14.4 Å². The number of Topliss-reactive ketones (excluding diaryl/α,β-unsaturated/α-hetero) is 1. The molecule has 6 rings (SSSR count). The fourth-order valence-corrected chi connectivity index (χ4v) is 7.34. The van der Waals surface area contributed by atoms with Gasteiger partial charge in [0, 0.05) is 42.7 Å². The number of aryl methyl sites for hydroxylation is 3. The number of nitrogens with zero attached hydrogens (tertiary/aromatic N) is 7. The number of halogens is 1. The van der Waals surface area contributed by atoms with Crippen LogP contribution in [0.15, 0.2) is 41.3 Å². The minimum absolute atomic E-state index is 0.0902. The van der Waals surface area contributed by atoms with Gasteiger partial charge in [-0.2, -0.15) is 5.10 Å². The van der Waals surface area contributed by atoms with E-state index in [1.54, 1.807) is 22.0 Å². The molecule has 1 N–H and O–H groups in total. The number of likely N-dealkylation sites (tertiary alicyclic amines) is 2. The van der Waals surface area contributed by atoms with Crippen LogP contribution in [0, 0.1) is 39.0 Å². The molecule has 0 saturated carbocycles. The van der Waals surface area contributed by atoms with Gasteiger partial charge < -0.3 is 15.1 Å². The maximum atomic E-state index is 14.4. The number of hydrogen-bond acceptors (Lipinski definition) is 8. The Kier molecular flexibility index (Phi) is 9.71. The lowest BCUT2D eigenvalue weighted by Gasteiger charge is -2.31. The molecule has 2 amide bonds. The summed E-state index contributed by atoms with van der Waals surface area (Å²) in [6, 6.07) is 6.14. The van der Waals surface area contributed by atoms with E-state index in [1.165, 1.54) is 13.3 Å². The molecular weight excluding hydrogens is 672 g/mol. The fraction of sp³-hybridized carbons (Fsp3) is 0.417. The molecule has 0 spiro atoms. The van der Waals surface area contributed by atoms with Crippen LogP contribution in [0.2, 0.25) is 0 Å². The molecule has 2 saturated heterocycles. The molecule has 0 bridgehead atoms. The lowest BCUT2D eigenvalue weighted by Crippen LogP contribution is -2.49. The number of hydrogen-bond donors (Lipinski definition) is 1. The van der Waals surface area contributed by atoms with Crippen molar-refractivity contribution in [2.75, 3.05) is 25.0 Å². The molecule has 4 aromatic rings. The summed E-state index contributed by atoms with van der Waals surface area (Å²) >= 11 is 3.39. The number of anilines is 1. The van der Waals surface area contributed by atoms with Crippen LogP contribution in [0.4, 0.5) is 5.82 Å². The number of fused-ring (bicyclic) bond motifs is 1. The first-order valence-corrected chi connectivity index (χ1v) is 17.1. The van der Waals surface area contributed by atoms with Crippen molar-refractivity contribution in [1.82, 2.24) is 34.5 Å². The number of rotatable bonds is 8. The number of piperidine rings is 1. The highest BCUT2D eigenvalue weighted by atomic mass is 79.9. The van der Waals surface area contributed by atoms with Crippen LogP contribution in [-0.4, -0.2) is 83.8 Å². The molecule has 3 atom stereocenters. The van der Waals surface area contributed by atoms with Gasteiger partial charge in [0.2, 0.25) is 11.8 Å². The minimum Gasteiger partial charge on any atom is -0.315 e. The Morgan fingerprint density at radius 2 is 1.75 bits per heavy atom. The minimum atomic E-state index is -0.808. The Hall–Kier alpha value is -4.47. The maximum absolute atomic E-state index is 14.4. The molecule has 48 heavy (non-hydrogen) atoms. The zero-order chi connectivity index (χ0) is 34.1. The Balaban J connectivity index is 1.35. The van der Waals surface area contributed by atoms with Crippen LogP contribution in [0.1, 0.15) is 60.0 Å². The number of nitrogens with one attached hydrogen (secondary N) is 1. The predicted molar refractivity (Wildman–Crippen MR) is 187 cm³/mol. The standard InChI is InChI=1S/C36H39BrN8O3/c1-6-29-26(19-43-12-8-7-9-13-43)16-30(36(48)41-35-21(2)10-11-31(37)40-35)45(29)32(47)20-44-34-22(3)14-25(27-17-38-24(5)39-18-27)15-28(34)33(42-44)23(4)46/h1,10-11,14-15,17-18,26,29-30H,7-9,12-13,16,19-20H2,2-5H3,(H,40,41,48)/t26-,29-,30+/m1/s1. The normalized spacial score (nSPS) is 19.8. The zero-order valence-corrected chi connectivity index (χ0v) is 29.2. The van der Waals surface area contributed by atoms with Crippen molar-refractivity contribution < 1.29 is 14.4 Å². The van der Waals surface area contributed by atoms with Gasteiger partial charge in [0.25, 0.3) is 0 Å². The first kappa shape index (κ1) is 33.4. The Bertz CT molecular complexity index is 1930. The third-order valence-electron chi connectivity index (χ3n) is 9.38. The van der Waals surface area contributed by atoms with E-state index in [1.807, 2.05) is 45.0 Å². The summed E-state index contributed by atoms with van der Waals surface area (Å²) in [7, 11) is 0. The largest absolute Gasteiger partial charge is 0.315 e. The third-order valence-corrected chi connectivity index (χ3v) is 9.82. The SMILES string of the molecule is C#C[C@@H]1[C@@H](CN2CCCCC2)C[C@@H](C(=O)Nc2nc(Br)ccc2C)N1C(=O)Cn1nc(C(C)=O)c2cc(-c3cnc(C)nc3)cc(C)c21. The van der Waals surface area contributed by atoms with Gasteiger partial charge in [-0.05, 0) is 104 Å². The van der Waals surface area contributed by atoms with Crippen molar-refractivity contribution in [2.24, 2.45) is 5.92 Å². The van der Waals surface area contributed by atoms with Crippen LogP contribution >= 0.6 is 15.9 Å². The predicted octanol–water partition coefficient (Wildman–Crippen LogP) is 5.12. The van der Waals surface area contributed by atoms with Gasteiger partial charge in [-0.1, -0.05) is 18.4 Å². The second-order valence-electron chi connectivity index (χ2n) is 12.8. The van der Waals surface area contributed by atoms with Crippen LogP contribution in [0.3, 0.4) is 0 Å². The van der Waals surface area contributed by atoms with Crippen molar-refractivity contribution in [3.63, 3.8) is 0 Å². The Morgan fingerprint density at radius 1 is 1.02 bits per heavy atom. The highest BCUT2D eigenvalue weighted by Crippen LogP contribution is 2.34. The van der Waals surface area contributed by atoms with E-state index in [4.69, 9.17) is 6.42 Å². The molecule has 11 nitrogen and oxygen atoms in total. The summed E-state index contributed by atoms with van der Waals surface area (Å²) in [6.07, 6.45) is 13.5. The number of benzene rings is 1. The summed E-state index contributed by atoms with van der Waals surface area (Å²) in [4.78, 5) is 58.3. The second kappa shape index (κ2) is 13.9. The Labute approximate surface area is 288 Å². The quantitative estimate of drug-likeness (QED) is 0.152. The number of carbonyl (C=O) groups is 3. The second-order valence-corrected chi connectivity index (χ2v) is 13.7. The highest BCUT2D eigenvalue weighted by Gasteiger charge is 2.47. The van der Waals surface area contributed by atoms with Crippen LogP contribution in [-0.2, 0) is 16.1 Å². The zero-order valence-electron chi connectivity index (χ0n) is 27.7. The molecule has 2 aliphatic rings. The Morgan fingerprint density at radius 3 is 2.44 bits per heavy atom. The van der Waals surface area contributed by atoms with Gasteiger partial charge in [0.1, 0.15) is 34.5 Å². The van der Waals surface area contributed by atoms with Gasteiger partial charge in [0.15, 0.2) is 5.78 Å². The summed E-state index contributed by atoms with van der Waals surface area (Å²) in [5.74, 6) is 2.97. The van der Waals surface area contributed by atoms with Crippen molar-refractivity contribution in [1.29, 1.82) is 0 Å². The van der Waals surface area contributed by atoms with Gasteiger partial charge in [-0.25, -0.2) is 15.0 Å². The molecule has 1 aromatic carbocycles. The lowest BCUT2D eigenvalue weighted by atomic mass is 9.97. The van der Waals surface area contributed by atoms with Crippen LogP contribution in [0.5, 0.6) is 0 Å². The average Bonchev–Trinajstić information content (AvgIpc) is 3.62. The van der Waals surface area contributed by atoms with Gasteiger partial charge in [0.05, 0.1) is 11.6 Å². The van der Waals surface area contributed by atoms with E-state index >= 15 is 0 Å². The monoisotopic (exact) mass is 710 g/mol. The molecule has 248 valence electrons. The number of aromatic nitrogens is 5. The molecule has 5 heterocycles. The first-order chi connectivity index (χ1) is 23.0. The average molecular weight is 712 g/mol. The molecule has 2 aliphatic heterocycles. The smallest absolute Gasteiger partial charge is 0.248 e. The van der Waals surface area contributed by atoms with Crippen LogP contribution in [0.25, 0.3) is 22.0 Å². The van der Waals surface area contributed by atoms with E-state index in [0.717, 1.165) is 48.2 Å². The number of pyridine rings is 1. The number of amides is 2. The van der Waals surface area contributed by atoms with E-state index in [-0.39, 0.29) is 35.8 Å². The van der Waals surface area contributed by atoms with Crippen molar-refractivity contribution >= 4 is 50.2 Å². The summed E-state index contributed by atoms with van der Waals surface area (Å²) in [5, 5.41) is 8.24. The maximum Gasteiger partial charge on any atom is 0.248 e. The molecule has 0 aliphatic carbocycles. The molecule has 12 heteroatoms. The third kappa shape index (κ3) is 6.75.